The van der Waals surface area contributed by atoms with Crippen molar-refractivity contribution >= 4 is 33.6 Å². The minimum atomic E-state index is 0.598. The molecule has 2 heterocycles. The van der Waals surface area contributed by atoms with Crippen molar-refractivity contribution in [2.24, 2.45) is 0 Å². The van der Waals surface area contributed by atoms with Gasteiger partial charge in [-0.1, -0.05) is 6.92 Å². The number of anilines is 1. The van der Waals surface area contributed by atoms with Gasteiger partial charge in [-0.25, -0.2) is 4.98 Å². The monoisotopic (exact) mass is 317 g/mol. The molecule has 2 rings (SSSR count). The SMILES string of the molecule is CCC1CN(c2ncc(Br)c(OC)n2)CCS1. The lowest BCUT2D eigenvalue weighted by Crippen LogP contribution is -2.38. The van der Waals surface area contributed by atoms with Crippen molar-refractivity contribution < 1.29 is 4.74 Å². The van der Waals surface area contributed by atoms with Crippen LogP contribution in [0.4, 0.5) is 5.95 Å². The molecule has 0 aliphatic carbocycles. The first-order valence-electron chi connectivity index (χ1n) is 5.67. The highest BCUT2D eigenvalue weighted by molar-refractivity contribution is 9.10. The van der Waals surface area contributed by atoms with Crippen LogP contribution in [-0.2, 0) is 0 Å². The largest absolute Gasteiger partial charge is 0.480 e. The zero-order valence-corrected chi connectivity index (χ0v) is 12.4. The maximum atomic E-state index is 5.20. The lowest BCUT2D eigenvalue weighted by atomic mass is 10.3. The number of thioether (sulfide) groups is 1. The van der Waals surface area contributed by atoms with E-state index in [1.807, 2.05) is 11.8 Å². The van der Waals surface area contributed by atoms with E-state index in [2.05, 4.69) is 37.7 Å². The lowest BCUT2D eigenvalue weighted by molar-refractivity contribution is 0.393. The van der Waals surface area contributed by atoms with Crippen molar-refractivity contribution in [3.63, 3.8) is 0 Å². The summed E-state index contributed by atoms with van der Waals surface area (Å²) >= 11 is 5.40. The molecule has 0 amide bonds. The number of methoxy groups -OCH3 is 1. The fraction of sp³-hybridized carbons (Fsp3) is 0.636. The standard InChI is InChI=1S/C11H16BrN3OS/c1-3-8-7-15(4-5-17-8)11-13-6-9(12)10(14-11)16-2/h6,8H,3-5,7H2,1-2H3. The van der Waals surface area contributed by atoms with E-state index in [-0.39, 0.29) is 0 Å². The molecule has 1 aromatic heterocycles. The van der Waals surface area contributed by atoms with Gasteiger partial charge >= 0.3 is 0 Å². The van der Waals surface area contributed by atoms with Gasteiger partial charge in [0, 0.05) is 24.1 Å². The second-order valence-electron chi connectivity index (χ2n) is 3.87. The molecule has 94 valence electrons. The van der Waals surface area contributed by atoms with Crippen molar-refractivity contribution in [3.05, 3.63) is 10.7 Å². The molecular weight excluding hydrogens is 302 g/mol. The van der Waals surface area contributed by atoms with Gasteiger partial charge in [-0.15, -0.1) is 0 Å². The molecule has 1 unspecified atom stereocenters. The summed E-state index contributed by atoms with van der Waals surface area (Å²) in [5.41, 5.74) is 0. The quantitative estimate of drug-likeness (QED) is 0.856. The van der Waals surface area contributed by atoms with Gasteiger partial charge in [0.1, 0.15) is 0 Å². The number of ether oxygens (including phenoxy) is 1. The van der Waals surface area contributed by atoms with E-state index in [4.69, 9.17) is 4.74 Å². The molecule has 0 aromatic carbocycles. The Balaban J connectivity index is 2.16. The molecule has 1 aliphatic rings. The number of hydrogen-bond donors (Lipinski definition) is 0. The van der Waals surface area contributed by atoms with E-state index < -0.39 is 0 Å². The second-order valence-corrected chi connectivity index (χ2v) is 6.14. The Morgan fingerprint density at radius 3 is 3.18 bits per heavy atom. The van der Waals surface area contributed by atoms with Gasteiger partial charge in [-0.05, 0) is 22.4 Å². The first kappa shape index (κ1) is 13.0. The van der Waals surface area contributed by atoms with Crippen LogP contribution in [0.3, 0.4) is 0 Å². The summed E-state index contributed by atoms with van der Waals surface area (Å²) in [6.07, 6.45) is 2.94. The third-order valence-electron chi connectivity index (χ3n) is 2.77. The van der Waals surface area contributed by atoms with Crippen LogP contribution in [0.15, 0.2) is 10.7 Å². The maximum Gasteiger partial charge on any atom is 0.232 e. The van der Waals surface area contributed by atoms with Crippen LogP contribution in [0, 0.1) is 0 Å². The molecule has 1 aliphatic heterocycles. The average molecular weight is 318 g/mol. The van der Waals surface area contributed by atoms with Crippen LogP contribution in [0.5, 0.6) is 5.88 Å². The fourth-order valence-corrected chi connectivity index (χ4v) is 3.32. The minimum Gasteiger partial charge on any atom is -0.480 e. The average Bonchev–Trinajstić information content (AvgIpc) is 2.39. The van der Waals surface area contributed by atoms with Crippen LogP contribution in [0.1, 0.15) is 13.3 Å². The zero-order valence-electron chi connectivity index (χ0n) is 10.0. The van der Waals surface area contributed by atoms with E-state index in [1.165, 1.54) is 6.42 Å². The van der Waals surface area contributed by atoms with E-state index in [0.717, 1.165) is 29.3 Å². The summed E-state index contributed by atoms with van der Waals surface area (Å²) in [6.45, 7) is 4.25. The van der Waals surface area contributed by atoms with E-state index >= 15 is 0 Å². The predicted molar refractivity (Wildman–Crippen MR) is 75.0 cm³/mol. The molecule has 6 heteroatoms. The van der Waals surface area contributed by atoms with Gasteiger partial charge < -0.3 is 9.64 Å². The Bertz CT molecular complexity index is 391. The van der Waals surface area contributed by atoms with Gasteiger partial charge in [0.25, 0.3) is 0 Å². The summed E-state index contributed by atoms with van der Waals surface area (Å²) in [5, 5.41) is 0.682. The topological polar surface area (TPSA) is 38.2 Å². The Morgan fingerprint density at radius 2 is 2.47 bits per heavy atom. The number of rotatable bonds is 3. The Morgan fingerprint density at radius 1 is 1.65 bits per heavy atom. The molecule has 0 N–H and O–H groups in total. The zero-order chi connectivity index (χ0) is 12.3. The summed E-state index contributed by atoms with van der Waals surface area (Å²) < 4.78 is 5.99. The molecule has 0 saturated carbocycles. The fourth-order valence-electron chi connectivity index (χ4n) is 1.79. The Hall–Kier alpha value is -0.490. The molecule has 0 spiro atoms. The molecule has 1 fully saturated rings. The lowest BCUT2D eigenvalue weighted by Gasteiger charge is -2.31. The highest BCUT2D eigenvalue weighted by Crippen LogP contribution is 2.27. The molecule has 4 nitrogen and oxygen atoms in total. The van der Waals surface area contributed by atoms with Crippen LogP contribution in [0.25, 0.3) is 0 Å². The van der Waals surface area contributed by atoms with Gasteiger partial charge in [0.15, 0.2) is 0 Å². The first-order chi connectivity index (χ1) is 8.24. The van der Waals surface area contributed by atoms with Crippen LogP contribution < -0.4 is 9.64 Å². The third kappa shape index (κ3) is 3.04. The number of halogens is 1. The van der Waals surface area contributed by atoms with Crippen LogP contribution in [-0.4, -0.2) is 41.2 Å². The van der Waals surface area contributed by atoms with Crippen LogP contribution >= 0.6 is 27.7 Å². The summed E-state index contributed by atoms with van der Waals surface area (Å²) in [7, 11) is 1.62. The van der Waals surface area contributed by atoms with E-state index in [1.54, 1.807) is 13.3 Å². The van der Waals surface area contributed by atoms with Crippen molar-refractivity contribution in [3.8, 4) is 5.88 Å². The number of nitrogens with zero attached hydrogens (tertiary/aromatic N) is 3. The number of aromatic nitrogens is 2. The third-order valence-corrected chi connectivity index (χ3v) is 4.69. The predicted octanol–water partition coefficient (Wildman–Crippen LogP) is 2.58. The highest BCUT2D eigenvalue weighted by atomic mass is 79.9. The Kier molecular flexibility index (Phi) is 4.50. The summed E-state index contributed by atoms with van der Waals surface area (Å²) in [6, 6.07) is 0. The second kappa shape index (κ2) is 5.91. The normalized spacial score (nSPS) is 20.4. The smallest absolute Gasteiger partial charge is 0.232 e. The molecule has 1 atom stereocenters. The van der Waals surface area contributed by atoms with Crippen molar-refractivity contribution in [1.82, 2.24) is 9.97 Å². The molecular formula is C11H16BrN3OS. The van der Waals surface area contributed by atoms with Gasteiger partial charge in [0.2, 0.25) is 11.8 Å². The van der Waals surface area contributed by atoms with Gasteiger partial charge in [0.05, 0.1) is 17.8 Å². The highest BCUT2D eigenvalue weighted by Gasteiger charge is 2.21. The molecule has 17 heavy (non-hydrogen) atoms. The summed E-state index contributed by atoms with van der Waals surface area (Å²) in [5.74, 6) is 2.50. The number of hydrogen-bond acceptors (Lipinski definition) is 5. The first-order valence-corrected chi connectivity index (χ1v) is 7.51. The van der Waals surface area contributed by atoms with Crippen molar-refractivity contribution in [2.75, 3.05) is 30.9 Å². The molecule has 1 saturated heterocycles. The molecule has 0 bridgehead atoms. The van der Waals surface area contributed by atoms with Crippen molar-refractivity contribution in [1.29, 1.82) is 0 Å². The summed E-state index contributed by atoms with van der Waals surface area (Å²) in [4.78, 5) is 11.0. The molecule has 1 aromatic rings. The van der Waals surface area contributed by atoms with E-state index in [0.29, 0.717) is 11.1 Å². The van der Waals surface area contributed by atoms with Crippen LogP contribution in [0.2, 0.25) is 0 Å². The van der Waals surface area contributed by atoms with Crippen molar-refractivity contribution in [2.45, 2.75) is 18.6 Å². The Labute approximate surface area is 114 Å². The minimum absolute atomic E-state index is 0.598. The van der Waals surface area contributed by atoms with Gasteiger partial charge in [-0.2, -0.15) is 16.7 Å². The van der Waals surface area contributed by atoms with Gasteiger partial charge in [-0.3, -0.25) is 0 Å². The van der Waals surface area contributed by atoms with E-state index in [9.17, 15) is 0 Å². The molecule has 0 radical (unpaired) electrons. The maximum absolute atomic E-state index is 5.20.